The van der Waals surface area contributed by atoms with Crippen LogP contribution in [0.15, 0.2) is 0 Å². The Morgan fingerprint density at radius 3 is 2.12 bits per heavy atom. The average Bonchev–Trinajstić information content (AvgIpc) is 2.21. The summed E-state index contributed by atoms with van der Waals surface area (Å²) in [5.74, 6) is 0.547. The molecule has 0 aliphatic rings. The van der Waals surface area contributed by atoms with Crippen LogP contribution in [0.25, 0.3) is 0 Å². The standard InChI is InChI=1S/C13H26O3/c1-6-11(8-14)16-13(15)12(10(4)5)7-9(2)3/h9-12,14H,6-8H2,1-5H3. The van der Waals surface area contributed by atoms with Crippen molar-refractivity contribution in [2.45, 2.75) is 53.6 Å². The summed E-state index contributed by atoms with van der Waals surface area (Å²) in [4.78, 5) is 11.9. The fourth-order valence-electron chi connectivity index (χ4n) is 1.65. The number of carbonyl (C=O) groups is 1. The molecule has 0 amide bonds. The lowest BCUT2D eigenvalue weighted by atomic mass is 9.88. The smallest absolute Gasteiger partial charge is 0.309 e. The van der Waals surface area contributed by atoms with Crippen LogP contribution in [-0.2, 0) is 9.53 Å². The number of aliphatic hydroxyl groups is 1. The molecule has 1 N–H and O–H groups in total. The van der Waals surface area contributed by atoms with E-state index >= 15 is 0 Å². The van der Waals surface area contributed by atoms with Crippen molar-refractivity contribution in [3.05, 3.63) is 0 Å². The topological polar surface area (TPSA) is 46.5 Å². The first-order valence-electron chi connectivity index (χ1n) is 6.23. The molecule has 96 valence electrons. The second-order valence-electron chi connectivity index (χ2n) is 5.13. The third kappa shape index (κ3) is 5.50. The molecule has 16 heavy (non-hydrogen) atoms. The fourth-order valence-corrected chi connectivity index (χ4v) is 1.65. The molecule has 0 saturated carbocycles. The highest BCUT2D eigenvalue weighted by molar-refractivity contribution is 5.72. The third-order valence-corrected chi connectivity index (χ3v) is 2.77. The molecule has 0 aliphatic carbocycles. The molecule has 0 heterocycles. The van der Waals surface area contributed by atoms with Crippen molar-refractivity contribution in [1.82, 2.24) is 0 Å². The van der Waals surface area contributed by atoms with Gasteiger partial charge in [0.1, 0.15) is 6.10 Å². The van der Waals surface area contributed by atoms with Gasteiger partial charge in [0.15, 0.2) is 0 Å². The van der Waals surface area contributed by atoms with Gasteiger partial charge in [0.2, 0.25) is 0 Å². The van der Waals surface area contributed by atoms with Gasteiger partial charge in [-0.25, -0.2) is 0 Å². The van der Waals surface area contributed by atoms with E-state index in [2.05, 4.69) is 13.8 Å². The van der Waals surface area contributed by atoms with E-state index < -0.39 is 0 Å². The highest BCUT2D eigenvalue weighted by atomic mass is 16.6. The molecule has 0 radical (unpaired) electrons. The monoisotopic (exact) mass is 230 g/mol. The highest BCUT2D eigenvalue weighted by Gasteiger charge is 2.26. The number of carbonyl (C=O) groups excluding carboxylic acids is 1. The lowest BCUT2D eigenvalue weighted by Crippen LogP contribution is -2.30. The van der Waals surface area contributed by atoms with Crippen LogP contribution in [0.5, 0.6) is 0 Å². The Labute approximate surface area is 99.2 Å². The van der Waals surface area contributed by atoms with Gasteiger partial charge in [-0.15, -0.1) is 0 Å². The number of hydrogen-bond donors (Lipinski definition) is 1. The molecule has 0 bridgehead atoms. The van der Waals surface area contributed by atoms with Crippen molar-refractivity contribution in [2.75, 3.05) is 6.61 Å². The Morgan fingerprint density at radius 2 is 1.81 bits per heavy atom. The summed E-state index contributed by atoms with van der Waals surface area (Å²) in [6.45, 7) is 10.1. The van der Waals surface area contributed by atoms with Crippen LogP contribution >= 0.6 is 0 Å². The first kappa shape index (κ1) is 15.4. The highest BCUT2D eigenvalue weighted by Crippen LogP contribution is 2.22. The summed E-state index contributed by atoms with van der Waals surface area (Å²) in [5, 5.41) is 9.00. The maximum Gasteiger partial charge on any atom is 0.309 e. The van der Waals surface area contributed by atoms with Crippen molar-refractivity contribution in [1.29, 1.82) is 0 Å². The van der Waals surface area contributed by atoms with E-state index in [1.807, 2.05) is 20.8 Å². The Balaban J connectivity index is 4.37. The Kier molecular flexibility index (Phi) is 7.39. The quantitative estimate of drug-likeness (QED) is 0.684. The molecule has 0 aromatic carbocycles. The Hall–Kier alpha value is -0.570. The van der Waals surface area contributed by atoms with Crippen molar-refractivity contribution in [3.8, 4) is 0 Å². The molecule has 2 unspecified atom stereocenters. The molecule has 0 aromatic heterocycles. The first-order chi connectivity index (χ1) is 7.42. The number of esters is 1. The Morgan fingerprint density at radius 1 is 1.25 bits per heavy atom. The van der Waals surface area contributed by atoms with Gasteiger partial charge in [-0.05, 0) is 24.7 Å². The number of hydrogen-bond acceptors (Lipinski definition) is 3. The van der Waals surface area contributed by atoms with Gasteiger partial charge in [0, 0.05) is 0 Å². The van der Waals surface area contributed by atoms with Crippen LogP contribution < -0.4 is 0 Å². The van der Waals surface area contributed by atoms with Crippen LogP contribution in [-0.4, -0.2) is 23.8 Å². The van der Waals surface area contributed by atoms with Gasteiger partial charge in [0.05, 0.1) is 12.5 Å². The van der Waals surface area contributed by atoms with Gasteiger partial charge in [0.25, 0.3) is 0 Å². The van der Waals surface area contributed by atoms with Crippen molar-refractivity contribution >= 4 is 5.97 Å². The summed E-state index contributed by atoms with van der Waals surface area (Å²) >= 11 is 0. The lowest BCUT2D eigenvalue weighted by Gasteiger charge is -2.23. The lowest BCUT2D eigenvalue weighted by molar-refractivity contribution is -0.158. The van der Waals surface area contributed by atoms with Crippen molar-refractivity contribution < 1.29 is 14.6 Å². The second-order valence-corrected chi connectivity index (χ2v) is 5.13. The van der Waals surface area contributed by atoms with E-state index in [-0.39, 0.29) is 30.5 Å². The maximum atomic E-state index is 11.9. The first-order valence-corrected chi connectivity index (χ1v) is 6.23. The number of ether oxygens (including phenoxy) is 1. The number of rotatable bonds is 7. The van der Waals surface area contributed by atoms with Gasteiger partial charge in [-0.3, -0.25) is 4.79 Å². The molecule has 0 spiro atoms. The van der Waals surface area contributed by atoms with Crippen LogP contribution in [0, 0.1) is 17.8 Å². The minimum atomic E-state index is -0.346. The van der Waals surface area contributed by atoms with Crippen molar-refractivity contribution in [2.24, 2.45) is 17.8 Å². The maximum absolute atomic E-state index is 11.9. The van der Waals surface area contributed by atoms with E-state index in [9.17, 15) is 4.79 Å². The van der Waals surface area contributed by atoms with E-state index in [1.54, 1.807) is 0 Å². The van der Waals surface area contributed by atoms with Crippen LogP contribution in [0.1, 0.15) is 47.5 Å². The molecule has 3 heteroatoms. The molecular formula is C13H26O3. The van der Waals surface area contributed by atoms with E-state index in [4.69, 9.17) is 9.84 Å². The summed E-state index contributed by atoms with van der Waals surface area (Å²) in [6.07, 6.45) is 1.16. The average molecular weight is 230 g/mol. The molecule has 0 fully saturated rings. The molecule has 2 atom stereocenters. The van der Waals surface area contributed by atoms with Gasteiger partial charge >= 0.3 is 5.97 Å². The second kappa shape index (κ2) is 7.66. The normalized spacial score (nSPS) is 15.2. The minimum Gasteiger partial charge on any atom is -0.460 e. The van der Waals surface area contributed by atoms with Gasteiger partial charge in [-0.2, -0.15) is 0 Å². The largest absolute Gasteiger partial charge is 0.460 e. The molecule has 0 aromatic rings. The van der Waals surface area contributed by atoms with Crippen LogP contribution in [0.3, 0.4) is 0 Å². The van der Waals surface area contributed by atoms with E-state index in [1.165, 1.54) is 0 Å². The Bertz CT molecular complexity index is 195. The molecule has 3 nitrogen and oxygen atoms in total. The zero-order valence-electron chi connectivity index (χ0n) is 11.2. The third-order valence-electron chi connectivity index (χ3n) is 2.77. The van der Waals surface area contributed by atoms with E-state index in [0.29, 0.717) is 12.3 Å². The van der Waals surface area contributed by atoms with Crippen molar-refractivity contribution in [3.63, 3.8) is 0 Å². The summed E-state index contributed by atoms with van der Waals surface area (Å²) in [5.41, 5.74) is 0. The molecular weight excluding hydrogens is 204 g/mol. The summed E-state index contributed by atoms with van der Waals surface area (Å²) in [6, 6.07) is 0. The zero-order valence-corrected chi connectivity index (χ0v) is 11.2. The van der Waals surface area contributed by atoms with Crippen LogP contribution in [0.4, 0.5) is 0 Å². The fraction of sp³-hybridized carbons (Fsp3) is 0.923. The summed E-state index contributed by atoms with van der Waals surface area (Å²) < 4.78 is 5.28. The predicted octanol–water partition coefficient (Wildman–Crippen LogP) is 2.62. The number of aliphatic hydroxyl groups excluding tert-OH is 1. The zero-order chi connectivity index (χ0) is 12.7. The SMILES string of the molecule is CCC(CO)OC(=O)C(CC(C)C)C(C)C. The van der Waals surface area contributed by atoms with Gasteiger partial charge < -0.3 is 9.84 Å². The van der Waals surface area contributed by atoms with Gasteiger partial charge in [-0.1, -0.05) is 34.6 Å². The van der Waals surface area contributed by atoms with E-state index in [0.717, 1.165) is 6.42 Å². The minimum absolute atomic E-state index is 0.0550. The predicted molar refractivity (Wildman–Crippen MR) is 65.0 cm³/mol. The summed E-state index contributed by atoms with van der Waals surface area (Å²) in [7, 11) is 0. The molecule has 0 saturated heterocycles. The molecule has 0 rings (SSSR count). The van der Waals surface area contributed by atoms with Crippen LogP contribution in [0.2, 0.25) is 0 Å². The molecule has 0 aliphatic heterocycles.